The second-order valence-electron chi connectivity index (χ2n) is 7.54. The maximum absolute atomic E-state index is 12.9. The van der Waals surface area contributed by atoms with Gasteiger partial charge in [-0.2, -0.15) is 0 Å². The van der Waals surface area contributed by atoms with Crippen molar-refractivity contribution in [1.82, 2.24) is 15.1 Å². The summed E-state index contributed by atoms with van der Waals surface area (Å²) in [6.07, 6.45) is 1.04. The summed E-state index contributed by atoms with van der Waals surface area (Å²) in [5, 5.41) is 2.88. The molecule has 0 saturated heterocycles. The molecule has 3 N–H and O–H groups in total. The molecule has 2 aromatic rings. The normalized spacial score (nSPS) is 13.5. The maximum atomic E-state index is 12.9. The van der Waals surface area contributed by atoms with E-state index in [0.29, 0.717) is 24.9 Å². The third kappa shape index (κ3) is 5.09. The number of hydrogen-bond donors (Lipinski definition) is 2. The van der Waals surface area contributed by atoms with Crippen molar-refractivity contribution in [1.29, 1.82) is 0 Å². The van der Waals surface area contributed by atoms with Crippen LogP contribution in [-0.4, -0.2) is 47.0 Å². The molecule has 1 atom stereocenters. The molecule has 0 saturated carbocycles. The molecule has 8 heteroatoms. The van der Waals surface area contributed by atoms with Crippen molar-refractivity contribution in [3.63, 3.8) is 0 Å². The van der Waals surface area contributed by atoms with E-state index in [1.54, 1.807) is 24.1 Å². The smallest absolute Gasteiger partial charge is 0.317 e. The van der Waals surface area contributed by atoms with Gasteiger partial charge < -0.3 is 25.6 Å². The van der Waals surface area contributed by atoms with Gasteiger partial charge in [-0.25, -0.2) is 4.79 Å². The first-order valence-electron chi connectivity index (χ1n) is 10.1. The van der Waals surface area contributed by atoms with Crippen LogP contribution in [0.4, 0.5) is 4.79 Å². The Labute approximate surface area is 181 Å². The van der Waals surface area contributed by atoms with Gasteiger partial charge in [-0.1, -0.05) is 42.5 Å². The van der Waals surface area contributed by atoms with Crippen molar-refractivity contribution in [3.05, 3.63) is 70.8 Å². The lowest BCUT2D eigenvalue weighted by Gasteiger charge is -2.24. The highest BCUT2D eigenvalue weighted by molar-refractivity contribution is 6.01. The van der Waals surface area contributed by atoms with Crippen LogP contribution in [0, 0.1) is 0 Å². The second kappa shape index (κ2) is 9.88. The molecule has 0 aromatic heterocycles. The van der Waals surface area contributed by atoms with Gasteiger partial charge in [-0.15, -0.1) is 0 Å². The van der Waals surface area contributed by atoms with Gasteiger partial charge in [-0.05, 0) is 29.2 Å². The van der Waals surface area contributed by atoms with Crippen molar-refractivity contribution in [2.45, 2.75) is 38.5 Å². The lowest BCUT2D eigenvalue weighted by atomic mass is 10.0. The topological polar surface area (TPSA) is 113 Å². The molecule has 2 aromatic carbocycles. The van der Waals surface area contributed by atoms with Crippen LogP contribution < -0.4 is 11.1 Å². The van der Waals surface area contributed by atoms with Crippen LogP contribution in [-0.2, 0) is 29.2 Å². The molecular weight excluding hydrogens is 396 g/mol. The number of aldehydes is 1. The van der Waals surface area contributed by atoms with Crippen LogP contribution in [0.2, 0.25) is 0 Å². The molecule has 1 aliphatic heterocycles. The molecule has 8 nitrogen and oxygen atoms in total. The van der Waals surface area contributed by atoms with E-state index >= 15 is 0 Å². The van der Waals surface area contributed by atoms with E-state index in [1.165, 1.54) is 4.90 Å². The van der Waals surface area contributed by atoms with E-state index in [4.69, 9.17) is 5.73 Å². The number of nitrogens with one attached hydrogen (secondary N) is 1. The van der Waals surface area contributed by atoms with Crippen LogP contribution in [0.15, 0.2) is 48.5 Å². The minimum Gasteiger partial charge on any atom is -0.368 e. The zero-order chi connectivity index (χ0) is 22.4. The van der Waals surface area contributed by atoms with Crippen LogP contribution >= 0.6 is 0 Å². The number of benzene rings is 2. The molecule has 0 spiro atoms. The van der Waals surface area contributed by atoms with Gasteiger partial charge in [0, 0.05) is 38.7 Å². The molecule has 0 radical (unpaired) electrons. The van der Waals surface area contributed by atoms with Gasteiger partial charge in [0.1, 0.15) is 12.3 Å². The molecule has 0 fully saturated rings. The number of amides is 4. The number of carbonyl (C=O) groups is 4. The predicted octanol–water partition coefficient (Wildman–Crippen LogP) is 1.82. The molecule has 162 valence electrons. The lowest BCUT2D eigenvalue weighted by molar-refractivity contribution is -0.122. The predicted molar refractivity (Wildman–Crippen MR) is 115 cm³/mol. The first-order valence-corrected chi connectivity index (χ1v) is 10.1. The molecule has 1 unspecified atom stereocenters. The Kier molecular flexibility index (Phi) is 7.02. The number of nitrogens with zero attached hydrogens (tertiary/aromatic N) is 2. The number of hydrogen-bond acceptors (Lipinski definition) is 4. The van der Waals surface area contributed by atoms with Gasteiger partial charge >= 0.3 is 6.03 Å². The highest BCUT2D eigenvalue weighted by Gasteiger charge is 2.36. The Morgan fingerprint density at radius 3 is 2.61 bits per heavy atom. The third-order valence-corrected chi connectivity index (χ3v) is 5.40. The molecule has 1 aliphatic rings. The first-order chi connectivity index (χ1) is 14.9. The molecule has 0 aliphatic carbocycles. The minimum atomic E-state index is -0.843. The van der Waals surface area contributed by atoms with E-state index in [9.17, 15) is 19.2 Å². The molecule has 31 heavy (non-hydrogen) atoms. The Balaban J connectivity index is 1.70. The molecular formula is C23H26N4O4. The SMILES string of the molecule is CN(Cc1cccc2c1CN(C(CCC=O)C(N)=O)C2=O)C(=O)NCc1ccccc1. The molecule has 4 amide bonds. The van der Waals surface area contributed by atoms with Crippen LogP contribution in [0.5, 0.6) is 0 Å². The maximum Gasteiger partial charge on any atom is 0.317 e. The highest BCUT2D eigenvalue weighted by Crippen LogP contribution is 2.29. The van der Waals surface area contributed by atoms with Crippen molar-refractivity contribution >= 4 is 24.1 Å². The molecule has 0 bridgehead atoms. The minimum absolute atomic E-state index is 0.144. The Bertz CT molecular complexity index is 977. The van der Waals surface area contributed by atoms with E-state index in [-0.39, 0.29) is 31.3 Å². The molecule has 1 heterocycles. The number of carbonyl (C=O) groups excluding carboxylic acids is 4. The van der Waals surface area contributed by atoms with Gasteiger partial charge in [0.2, 0.25) is 5.91 Å². The Morgan fingerprint density at radius 1 is 1.19 bits per heavy atom. The van der Waals surface area contributed by atoms with E-state index in [0.717, 1.165) is 16.7 Å². The van der Waals surface area contributed by atoms with Crippen molar-refractivity contribution in [3.8, 4) is 0 Å². The Hall–Kier alpha value is -3.68. The average Bonchev–Trinajstić information content (AvgIpc) is 3.10. The van der Waals surface area contributed by atoms with E-state index < -0.39 is 11.9 Å². The van der Waals surface area contributed by atoms with E-state index in [2.05, 4.69) is 5.32 Å². The van der Waals surface area contributed by atoms with Crippen LogP contribution in [0.25, 0.3) is 0 Å². The largest absolute Gasteiger partial charge is 0.368 e. The number of fused-ring (bicyclic) bond motifs is 1. The fraction of sp³-hybridized carbons (Fsp3) is 0.304. The number of nitrogens with two attached hydrogens (primary N) is 1. The van der Waals surface area contributed by atoms with Gasteiger partial charge in [0.25, 0.3) is 5.91 Å². The summed E-state index contributed by atoms with van der Waals surface area (Å²) >= 11 is 0. The monoisotopic (exact) mass is 422 g/mol. The average molecular weight is 422 g/mol. The van der Waals surface area contributed by atoms with Crippen molar-refractivity contribution in [2.24, 2.45) is 5.73 Å². The standard InChI is InChI=1S/C23H26N4O4/c1-26(23(31)25-13-16-7-3-2-4-8-16)14-17-9-5-10-18-19(17)15-27(22(18)30)20(21(24)29)11-6-12-28/h2-5,7-10,12,20H,6,11,13-15H2,1H3,(H2,24,29)(H,25,31). The Morgan fingerprint density at radius 2 is 1.94 bits per heavy atom. The van der Waals surface area contributed by atoms with Gasteiger partial charge in [0.05, 0.1) is 0 Å². The molecule has 3 rings (SSSR count). The summed E-state index contributed by atoms with van der Waals surface area (Å²) < 4.78 is 0. The first kappa shape index (κ1) is 22.0. The fourth-order valence-electron chi connectivity index (χ4n) is 3.73. The van der Waals surface area contributed by atoms with Crippen molar-refractivity contribution in [2.75, 3.05) is 7.05 Å². The number of primary amides is 1. The summed E-state index contributed by atoms with van der Waals surface area (Å²) in [6, 6.07) is 13.9. The summed E-state index contributed by atoms with van der Waals surface area (Å²) in [5.41, 5.74) is 8.57. The summed E-state index contributed by atoms with van der Waals surface area (Å²) in [4.78, 5) is 51.0. The number of urea groups is 1. The van der Waals surface area contributed by atoms with E-state index in [1.807, 2.05) is 36.4 Å². The van der Waals surface area contributed by atoms with Crippen LogP contribution in [0.3, 0.4) is 0 Å². The van der Waals surface area contributed by atoms with Crippen molar-refractivity contribution < 1.29 is 19.2 Å². The van der Waals surface area contributed by atoms with Gasteiger partial charge in [-0.3, -0.25) is 9.59 Å². The summed E-state index contributed by atoms with van der Waals surface area (Å²) in [6.45, 7) is 0.941. The third-order valence-electron chi connectivity index (χ3n) is 5.40. The fourth-order valence-corrected chi connectivity index (χ4v) is 3.73. The summed E-state index contributed by atoms with van der Waals surface area (Å²) in [5.74, 6) is -0.926. The highest BCUT2D eigenvalue weighted by atomic mass is 16.2. The van der Waals surface area contributed by atoms with Crippen LogP contribution in [0.1, 0.15) is 39.9 Å². The number of rotatable bonds is 9. The zero-order valence-corrected chi connectivity index (χ0v) is 17.4. The summed E-state index contributed by atoms with van der Waals surface area (Å²) in [7, 11) is 1.69. The quantitative estimate of drug-likeness (QED) is 0.600. The zero-order valence-electron chi connectivity index (χ0n) is 17.4. The van der Waals surface area contributed by atoms with Gasteiger partial charge in [0.15, 0.2) is 0 Å². The lowest BCUT2D eigenvalue weighted by Crippen LogP contribution is -2.45. The second-order valence-corrected chi connectivity index (χ2v) is 7.54.